The highest BCUT2D eigenvalue weighted by atomic mass is 16.5. The molecule has 3 heteroatoms. The van der Waals surface area contributed by atoms with Gasteiger partial charge in [0.15, 0.2) is 0 Å². The Bertz CT molecular complexity index is 421. The number of para-hydroxylation sites is 1. The van der Waals surface area contributed by atoms with Crippen molar-refractivity contribution in [3.8, 4) is 5.75 Å². The zero-order valence-electron chi connectivity index (χ0n) is 13.6. The second kappa shape index (κ2) is 8.40. The quantitative estimate of drug-likeness (QED) is 0.870. The Morgan fingerprint density at radius 2 is 2.10 bits per heavy atom. The molecule has 2 N–H and O–H groups in total. The molecule has 0 bridgehead atoms. The molecule has 1 aliphatic heterocycles. The van der Waals surface area contributed by atoms with E-state index in [0.717, 1.165) is 23.8 Å². The van der Waals surface area contributed by atoms with Gasteiger partial charge in [-0.25, -0.2) is 0 Å². The predicted molar refractivity (Wildman–Crippen MR) is 88.6 cm³/mol. The lowest BCUT2D eigenvalue weighted by Crippen LogP contribution is -2.33. The van der Waals surface area contributed by atoms with E-state index in [0.29, 0.717) is 0 Å². The van der Waals surface area contributed by atoms with Crippen LogP contribution in [0, 0.1) is 5.92 Å². The van der Waals surface area contributed by atoms with Gasteiger partial charge in [-0.1, -0.05) is 38.0 Å². The smallest absolute Gasteiger partial charge is 0.123 e. The first-order chi connectivity index (χ1) is 10.2. The monoisotopic (exact) mass is 290 g/mol. The maximum atomic E-state index is 6.42. The fraction of sp³-hybridized carbons (Fsp3) is 0.667. The minimum absolute atomic E-state index is 0.0314. The normalized spacial score (nSPS) is 21.8. The Hall–Kier alpha value is -1.06. The summed E-state index contributed by atoms with van der Waals surface area (Å²) in [5.41, 5.74) is 7.54. The fourth-order valence-electron chi connectivity index (χ4n) is 3.45. The maximum absolute atomic E-state index is 6.42. The van der Waals surface area contributed by atoms with E-state index in [1.54, 1.807) is 7.11 Å². The van der Waals surface area contributed by atoms with E-state index in [-0.39, 0.29) is 6.04 Å². The summed E-state index contributed by atoms with van der Waals surface area (Å²) in [5.74, 6) is 1.83. The molecular weight excluding hydrogens is 260 g/mol. The molecule has 1 aromatic carbocycles. The van der Waals surface area contributed by atoms with Crippen molar-refractivity contribution in [3.63, 3.8) is 0 Å². The van der Waals surface area contributed by atoms with E-state index in [1.807, 2.05) is 18.2 Å². The van der Waals surface area contributed by atoms with Crippen LogP contribution in [0.1, 0.15) is 50.6 Å². The summed E-state index contributed by atoms with van der Waals surface area (Å²) in [5, 5.41) is 0. The molecule has 0 saturated carbocycles. The number of nitrogens with zero attached hydrogens (tertiary/aromatic N) is 1. The summed E-state index contributed by atoms with van der Waals surface area (Å²) in [7, 11) is 1.72. The van der Waals surface area contributed by atoms with Crippen LogP contribution < -0.4 is 10.5 Å². The molecule has 0 aromatic heterocycles. The van der Waals surface area contributed by atoms with Gasteiger partial charge in [0.05, 0.1) is 7.11 Å². The average molecular weight is 290 g/mol. The van der Waals surface area contributed by atoms with Crippen LogP contribution in [-0.2, 0) is 0 Å². The zero-order chi connectivity index (χ0) is 15.1. The van der Waals surface area contributed by atoms with E-state index in [4.69, 9.17) is 10.5 Å². The molecule has 0 radical (unpaired) electrons. The van der Waals surface area contributed by atoms with Crippen LogP contribution in [0.3, 0.4) is 0 Å². The number of nitrogens with two attached hydrogens (primary N) is 1. The predicted octanol–water partition coefficient (Wildman–Crippen LogP) is 3.60. The number of rotatable bonds is 6. The van der Waals surface area contributed by atoms with E-state index >= 15 is 0 Å². The van der Waals surface area contributed by atoms with Crippen LogP contribution in [0.5, 0.6) is 5.75 Å². The van der Waals surface area contributed by atoms with Gasteiger partial charge in [-0.15, -0.1) is 0 Å². The van der Waals surface area contributed by atoms with Gasteiger partial charge in [0.2, 0.25) is 0 Å². The van der Waals surface area contributed by atoms with Crippen molar-refractivity contribution in [2.45, 2.75) is 45.1 Å². The zero-order valence-corrected chi connectivity index (χ0v) is 13.6. The maximum Gasteiger partial charge on any atom is 0.123 e. The minimum Gasteiger partial charge on any atom is -0.496 e. The second-order valence-electron chi connectivity index (χ2n) is 6.23. The molecule has 118 valence electrons. The number of hydrogen-bond donors (Lipinski definition) is 1. The van der Waals surface area contributed by atoms with Crippen LogP contribution >= 0.6 is 0 Å². The molecule has 2 unspecified atom stereocenters. The Morgan fingerprint density at radius 3 is 2.86 bits per heavy atom. The van der Waals surface area contributed by atoms with Gasteiger partial charge in [-0.3, -0.25) is 0 Å². The summed E-state index contributed by atoms with van der Waals surface area (Å²) in [6.45, 7) is 5.59. The molecule has 3 nitrogen and oxygen atoms in total. The molecule has 1 aliphatic rings. The van der Waals surface area contributed by atoms with Crippen molar-refractivity contribution in [1.82, 2.24) is 4.90 Å². The molecule has 1 heterocycles. The first kappa shape index (κ1) is 16.3. The van der Waals surface area contributed by atoms with E-state index in [2.05, 4.69) is 17.9 Å². The van der Waals surface area contributed by atoms with E-state index < -0.39 is 0 Å². The Labute approximate surface area is 129 Å². The molecule has 1 fully saturated rings. The van der Waals surface area contributed by atoms with Crippen molar-refractivity contribution < 1.29 is 4.74 Å². The minimum atomic E-state index is 0.0314. The molecule has 0 aliphatic carbocycles. The van der Waals surface area contributed by atoms with Gasteiger partial charge in [0, 0.05) is 18.2 Å². The van der Waals surface area contributed by atoms with Crippen molar-refractivity contribution in [2.75, 3.05) is 26.7 Å². The van der Waals surface area contributed by atoms with Gasteiger partial charge >= 0.3 is 0 Å². The summed E-state index contributed by atoms with van der Waals surface area (Å²) in [6.07, 6.45) is 6.71. The van der Waals surface area contributed by atoms with Gasteiger partial charge < -0.3 is 15.4 Å². The first-order valence-electron chi connectivity index (χ1n) is 8.35. The second-order valence-corrected chi connectivity index (χ2v) is 6.23. The number of likely N-dealkylation sites (tertiary alicyclic amines) is 1. The van der Waals surface area contributed by atoms with E-state index in [9.17, 15) is 0 Å². The SMILES string of the molecule is CCCC1CCCN(CC(N)c2ccccc2OC)CC1. The number of ether oxygens (including phenoxy) is 1. The number of methoxy groups -OCH3 is 1. The van der Waals surface area contributed by atoms with Gasteiger partial charge in [0.25, 0.3) is 0 Å². The fourth-order valence-corrected chi connectivity index (χ4v) is 3.45. The molecule has 21 heavy (non-hydrogen) atoms. The lowest BCUT2D eigenvalue weighted by Gasteiger charge is -2.25. The summed E-state index contributed by atoms with van der Waals surface area (Å²) in [6, 6.07) is 8.15. The highest BCUT2D eigenvalue weighted by molar-refractivity contribution is 5.35. The lowest BCUT2D eigenvalue weighted by atomic mass is 9.96. The third kappa shape index (κ3) is 4.72. The van der Waals surface area contributed by atoms with Crippen LogP contribution in [0.25, 0.3) is 0 Å². The van der Waals surface area contributed by atoms with Crippen molar-refractivity contribution in [3.05, 3.63) is 29.8 Å². The van der Waals surface area contributed by atoms with Crippen LogP contribution in [0.2, 0.25) is 0 Å². The summed E-state index contributed by atoms with van der Waals surface area (Å²) < 4.78 is 5.43. The molecule has 1 saturated heterocycles. The topological polar surface area (TPSA) is 38.5 Å². The third-order valence-corrected chi connectivity index (χ3v) is 4.63. The highest BCUT2D eigenvalue weighted by Crippen LogP contribution is 2.26. The molecule has 0 spiro atoms. The van der Waals surface area contributed by atoms with E-state index in [1.165, 1.54) is 45.2 Å². The van der Waals surface area contributed by atoms with Gasteiger partial charge in [0.1, 0.15) is 5.75 Å². The average Bonchev–Trinajstić information content (AvgIpc) is 2.73. The van der Waals surface area contributed by atoms with Crippen molar-refractivity contribution >= 4 is 0 Å². The van der Waals surface area contributed by atoms with Crippen LogP contribution in [-0.4, -0.2) is 31.6 Å². The Balaban J connectivity index is 1.91. The molecule has 2 atom stereocenters. The van der Waals surface area contributed by atoms with Crippen molar-refractivity contribution in [1.29, 1.82) is 0 Å². The van der Waals surface area contributed by atoms with Gasteiger partial charge in [-0.05, 0) is 44.3 Å². The number of benzene rings is 1. The highest BCUT2D eigenvalue weighted by Gasteiger charge is 2.20. The number of hydrogen-bond acceptors (Lipinski definition) is 3. The Morgan fingerprint density at radius 1 is 1.29 bits per heavy atom. The van der Waals surface area contributed by atoms with Crippen LogP contribution in [0.15, 0.2) is 24.3 Å². The molecule has 1 aromatic rings. The van der Waals surface area contributed by atoms with Gasteiger partial charge in [-0.2, -0.15) is 0 Å². The summed E-state index contributed by atoms with van der Waals surface area (Å²) >= 11 is 0. The molecule has 2 rings (SSSR count). The third-order valence-electron chi connectivity index (χ3n) is 4.63. The lowest BCUT2D eigenvalue weighted by molar-refractivity contribution is 0.260. The van der Waals surface area contributed by atoms with Crippen LogP contribution in [0.4, 0.5) is 0 Å². The standard InChI is InChI=1S/C18H30N2O/c1-3-7-15-8-6-12-20(13-11-15)14-17(19)16-9-4-5-10-18(16)21-2/h4-5,9-10,15,17H,3,6-8,11-14,19H2,1-2H3. The first-order valence-corrected chi connectivity index (χ1v) is 8.35. The Kier molecular flexibility index (Phi) is 6.52. The molecule has 0 amide bonds. The largest absolute Gasteiger partial charge is 0.496 e. The van der Waals surface area contributed by atoms with Crippen molar-refractivity contribution in [2.24, 2.45) is 11.7 Å². The molecular formula is C18H30N2O. The summed E-state index contributed by atoms with van der Waals surface area (Å²) in [4.78, 5) is 2.53.